The molecule has 0 aliphatic heterocycles. The number of benzene rings is 2. The van der Waals surface area contributed by atoms with E-state index in [9.17, 15) is 14.0 Å². The summed E-state index contributed by atoms with van der Waals surface area (Å²) in [5, 5.41) is 6.48. The summed E-state index contributed by atoms with van der Waals surface area (Å²) in [7, 11) is 1.56. The minimum atomic E-state index is -0.373. The van der Waals surface area contributed by atoms with Crippen LogP contribution in [0.5, 0.6) is 0 Å². The van der Waals surface area contributed by atoms with Gasteiger partial charge in [-0.2, -0.15) is 0 Å². The molecule has 2 amide bonds. The molecular weight excluding hydrogens is 493 g/mol. The van der Waals surface area contributed by atoms with Gasteiger partial charge in [-0.05, 0) is 80.1 Å². The Morgan fingerprint density at radius 1 is 1.05 bits per heavy atom. The first-order valence-corrected chi connectivity index (χ1v) is 13.6. The van der Waals surface area contributed by atoms with Gasteiger partial charge in [0.1, 0.15) is 11.6 Å². The Kier molecular flexibility index (Phi) is 7.25. The second kappa shape index (κ2) is 10.6. The summed E-state index contributed by atoms with van der Waals surface area (Å²) >= 11 is 0. The monoisotopic (exact) mass is 527 g/mol. The zero-order valence-electron chi connectivity index (χ0n) is 22.9. The van der Waals surface area contributed by atoms with Gasteiger partial charge >= 0.3 is 0 Å². The first-order chi connectivity index (χ1) is 18.7. The largest absolute Gasteiger partial charge is 0.437 e. The highest BCUT2D eigenvalue weighted by atomic mass is 19.1. The molecule has 39 heavy (non-hydrogen) atoms. The summed E-state index contributed by atoms with van der Waals surface area (Å²) in [5.41, 5.74) is 4.20. The van der Waals surface area contributed by atoms with Gasteiger partial charge in [-0.25, -0.2) is 9.37 Å². The van der Waals surface area contributed by atoms with Crippen LogP contribution in [0.3, 0.4) is 0 Å². The Morgan fingerprint density at radius 2 is 1.79 bits per heavy atom. The molecule has 1 saturated carbocycles. The Hall–Kier alpha value is -4.00. The number of pyridine rings is 1. The average molecular weight is 528 g/mol. The highest BCUT2D eigenvalue weighted by Crippen LogP contribution is 2.40. The number of aryl methyl sites for hydroxylation is 1. The molecule has 1 aliphatic rings. The van der Waals surface area contributed by atoms with E-state index in [1.54, 1.807) is 19.2 Å². The van der Waals surface area contributed by atoms with Crippen molar-refractivity contribution in [2.24, 2.45) is 5.92 Å². The minimum absolute atomic E-state index is 0.0899. The van der Waals surface area contributed by atoms with Crippen LogP contribution in [-0.2, 0) is 6.42 Å². The molecule has 5 rings (SSSR count). The van der Waals surface area contributed by atoms with Crippen LogP contribution in [0.15, 0.2) is 59.0 Å². The average Bonchev–Trinajstić information content (AvgIpc) is 3.29. The van der Waals surface area contributed by atoms with Crippen molar-refractivity contribution in [3.8, 4) is 22.5 Å². The molecule has 4 aromatic rings. The van der Waals surface area contributed by atoms with Gasteiger partial charge in [0, 0.05) is 29.3 Å². The molecule has 6 nitrogen and oxygen atoms in total. The highest BCUT2D eigenvalue weighted by molar-refractivity contribution is 6.11. The van der Waals surface area contributed by atoms with E-state index in [2.05, 4.69) is 31.4 Å². The van der Waals surface area contributed by atoms with Gasteiger partial charge < -0.3 is 15.1 Å². The van der Waals surface area contributed by atoms with Gasteiger partial charge in [0.25, 0.3) is 11.8 Å². The molecule has 0 radical (unpaired) electrons. The van der Waals surface area contributed by atoms with Crippen LogP contribution in [-0.4, -0.2) is 29.4 Å². The fourth-order valence-electron chi connectivity index (χ4n) is 5.67. The highest BCUT2D eigenvalue weighted by Gasteiger charge is 2.40. The van der Waals surface area contributed by atoms with Crippen LogP contribution in [0.1, 0.15) is 72.9 Å². The SMILES string of the molecule is CCCc1nc2oc(-c3ccc(F)cc3)c(C(=O)NC)c2cc1-c1cccc(C(=O)NC2(C)CC(CC)C2)c1. The second-order valence-electron chi connectivity index (χ2n) is 10.8. The molecule has 1 aliphatic carbocycles. The third kappa shape index (κ3) is 5.18. The summed E-state index contributed by atoms with van der Waals surface area (Å²) in [4.78, 5) is 31.1. The van der Waals surface area contributed by atoms with Gasteiger partial charge in [0.15, 0.2) is 0 Å². The summed E-state index contributed by atoms with van der Waals surface area (Å²) in [6.45, 7) is 6.37. The normalized spacial score (nSPS) is 18.5. The number of amides is 2. The van der Waals surface area contributed by atoms with E-state index < -0.39 is 0 Å². The Morgan fingerprint density at radius 3 is 2.46 bits per heavy atom. The van der Waals surface area contributed by atoms with Crippen LogP contribution < -0.4 is 10.6 Å². The number of carbonyl (C=O) groups excluding carboxylic acids is 2. The van der Waals surface area contributed by atoms with Crippen LogP contribution >= 0.6 is 0 Å². The molecular formula is C32H34FN3O3. The van der Waals surface area contributed by atoms with E-state index in [0.29, 0.717) is 45.9 Å². The first kappa shape index (κ1) is 26.6. The molecule has 0 saturated heterocycles. The topological polar surface area (TPSA) is 84.2 Å². The van der Waals surface area contributed by atoms with E-state index in [1.807, 2.05) is 30.3 Å². The van der Waals surface area contributed by atoms with Crippen molar-refractivity contribution in [1.29, 1.82) is 0 Å². The Labute approximate surface area is 228 Å². The lowest BCUT2D eigenvalue weighted by Gasteiger charge is -2.45. The lowest BCUT2D eigenvalue weighted by atomic mass is 9.68. The summed E-state index contributed by atoms with van der Waals surface area (Å²) in [5.74, 6) is 0.218. The standard InChI is InChI=1S/C32H34FN3O3/c1-5-8-26-24(21-9-7-10-22(15-21)29(37)36-32(3)17-19(6-2)18-32)16-25-27(30(38)34-4)28(39-31(25)35-26)20-11-13-23(33)14-12-20/h7,9-16,19H,5-6,8,17-18H2,1-4H3,(H,34,38)(H,36,37). The van der Waals surface area contributed by atoms with Crippen molar-refractivity contribution in [2.45, 2.75) is 58.4 Å². The van der Waals surface area contributed by atoms with Crippen molar-refractivity contribution >= 4 is 22.9 Å². The smallest absolute Gasteiger partial charge is 0.255 e. The molecule has 7 heteroatoms. The lowest BCUT2D eigenvalue weighted by Crippen LogP contribution is -2.54. The van der Waals surface area contributed by atoms with Crippen molar-refractivity contribution in [1.82, 2.24) is 15.6 Å². The van der Waals surface area contributed by atoms with Crippen molar-refractivity contribution in [2.75, 3.05) is 7.05 Å². The third-order valence-corrected chi connectivity index (χ3v) is 7.72. The molecule has 0 atom stereocenters. The second-order valence-corrected chi connectivity index (χ2v) is 10.8. The lowest BCUT2D eigenvalue weighted by molar-refractivity contribution is 0.0738. The molecule has 2 N–H and O–H groups in total. The Balaban J connectivity index is 1.59. The number of nitrogens with one attached hydrogen (secondary N) is 2. The zero-order chi connectivity index (χ0) is 27.7. The first-order valence-electron chi connectivity index (χ1n) is 13.6. The molecule has 2 aromatic carbocycles. The van der Waals surface area contributed by atoms with Gasteiger partial charge in [-0.3, -0.25) is 9.59 Å². The molecule has 2 heterocycles. The number of furan rings is 1. The van der Waals surface area contributed by atoms with Crippen molar-refractivity contribution < 1.29 is 18.4 Å². The number of rotatable bonds is 8. The predicted molar refractivity (Wildman–Crippen MR) is 151 cm³/mol. The van der Waals surface area contributed by atoms with E-state index in [4.69, 9.17) is 9.40 Å². The third-order valence-electron chi connectivity index (χ3n) is 7.72. The predicted octanol–water partition coefficient (Wildman–Crippen LogP) is 6.92. The van der Waals surface area contributed by atoms with Crippen LogP contribution in [0, 0.1) is 11.7 Å². The Bertz CT molecular complexity index is 1530. The van der Waals surface area contributed by atoms with E-state index in [-0.39, 0.29) is 23.2 Å². The maximum absolute atomic E-state index is 13.6. The maximum atomic E-state index is 13.6. The van der Waals surface area contributed by atoms with Gasteiger partial charge in [0.05, 0.1) is 16.6 Å². The number of halogens is 1. The quantitative estimate of drug-likeness (QED) is 0.260. The molecule has 0 spiro atoms. The van der Waals surface area contributed by atoms with E-state index in [1.165, 1.54) is 12.1 Å². The van der Waals surface area contributed by atoms with E-state index >= 15 is 0 Å². The van der Waals surface area contributed by atoms with Gasteiger partial charge in [-0.15, -0.1) is 0 Å². The number of carbonyl (C=O) groups is 2. The summed E-state index contributed by atoms with van der Waals surface area (Å²) in [6.07, 6.45) is 4.67. The molecule has 1 fully saturated rings. The fraction of sp³-hybridized carbons (Fsp3) is 0.344. The fourth-order valence-corrected chi connectivity index (χ4v) is 5.67. The van der Waals surface area contributed by atoms with Crippen LogP contribution in [0.25, 0.3) is 33.6 Å². The zero-order valence-corrected chi connectivity index (χ0v) is 22.9. The maximum Gasteiger partial charge on any atom is 0.255 e. The minimum Gasteiger partial charge on any atom is -0.437 e. The van der Waals surface area contributed by atoms with Crippen LogP contribution in [0.4, 0.5) is 4.39 Å². The van der Waals surface area contributed by atoms with Crippen molar-refractivity contribution in [3.05, 3.63) is 77.2 Å². The van der Waals surface area contributed by atoms with Crippen molar-refractivity contribution in [3.63, 3.8) is 0 Å². The van der Waals surface area contributed by atoms with Gasteiger partial charge in [-0.1, -0.05) is 38.8 Å². The number of hydrogen-bond donors (Lipinski definition) is 2. The number of hydrogen-bond acceptors (Lipinski definition) is 4. The van der Waals surface area contributed by atoms with E-state index in [0.717, 1.165) is 42.5 Å². The number of nitrogens with zero attached hydrogens (tertiary/aromatic N) is 1. The molecule has 0 bridgehead atoms. The molecule has 2 aromatic heterocycles. The summed E-state index contributed by atoms with van der Waals surface area (Å²) in [6, 6.07) is 15.3. The summed E-state index contributed by atoms with van der Waals surface area (Å²) < 4.78 is 19.7. The van der Waals surface area contributed by atoms with Crippen LogP contribution in [0.2, 0.25) is 0 Å². The molecule has 0 unspecified atom stereocenters. The number of aromatic nitrogens is 1. The number of fused-ring (bicyclic) bond motifs is 1. The van der Waals surface area contributed by atoms with Gasteiger partial charge in [0.2, 0.25) is 5.71 Å². The molecule has 202 valence electrons.